The number of nitrogens with zero attached hydrogens (tertiary/aromatic N) is 1. The van der Waals surface area contributed by atoms with Gasteiger partial charge in [0.1, 0.15) is 0 Å². The number of benzene rings is 1. The monoisotopic (exact) mass is 363 g/mol. The molecular weight excluding hydrogens is 334 g/mol. The van der Waals surface area contributed by atoms with Crippen LogP contribution in [-0.2, 0) is 15.6 Å². The minimum absolute atomic E-state index is 0.141. The normalized spacial score (nSPS) is 17.7. The van der Waals surface area contributed by atoms with Crippen molar-refractivity contribution in [1.29, 1.82) is 0 Å². The second-order valence-corrected chi connectivity index (χ2v) is 9.05. The average Bonchev–Trinajstić information content (AvgIpc) is 2.58. The predicted molar refractivity (Wildman–Crippen MR) is 111 cm³/mol. The first-order chi connectivity index (χ1) is 12.5. The van der Waals surface area contributed by atoms with Crippen LogP contribution in [0.15, 0.2) is 30.3 Å². The molecule has 1 aromatic carbocycles. The van der Waals surface area contributed by atoms with E-state index in [0.717, 1.165) is 22.9 Å². The Labute approximate surface area is 162 Å². The first-order valence-corrected chi connectivity index (χ1v) is 9.56. The Morgan fingerprint density at radius 1 is 1.00 bits per heavy atom. The molecule has 1 aliphatic rings. The summed E-state index contributed by atoms with van der Waals surface area (Å²) < 4.78 is 0. The zero-order valence-electron chi connectivity index (χ0n) is 17.2. The van der Waals surface area contributed by atoms with Crippen molar-refractivity contribution in [2.75, 3.05) is 0 Å². The maximum Gasteiger partial charge on any atom is 0.328 e. The number of rotatable bonds is 3. The van der Waals surface area contributed by atoms with Gasteiger partial charge in [0.05, 0.1) is 11.4 Å². The van der Waals surface area contributed by atoms with Gasteiger partial charge in [0.15, 0.2) is 0 Å². The Bertz CT molecular complexity index is 936. The minimum Gasteiger partial charge on any atom is -0.478 e. The molecule has 0 radical (unpaired) electrons. The summed E-state index contributed by atoms with van der Waals surface area (Å²) in [6, 6.07) is 8.54. The largest absolute Gasteiger partial charge is 0.478 e. The highest BCUT2D eigenvalue weighted by Gasteiger charge is 2.37. The zero-order chi connectivity index (χ0) is 20.0. The van der Waals surface area contributed by atoms with E-state index < -0.39 is 5.97 Å². The summed E-state index contributed by atoms with van der Waals surface area (Å²) in [5.41, 5.74) is 8.23. The van der Waals surface area contributed by atoms with E-state index in [-0.39, 0.29) is 10.8 Å². The van der Waals surface area contributed by atoms with Gasteiger partial charge in [0.2, 0.25) is 0 Å². The van der Waals surface area contributed by atoms with Crippen LogP contribution in [0.5, 0.6) is 0 Å². The topological polar surface area (TPSA) is 50.2 Å². The molecule has 3 rings (SSSR count). The molecule has 0 fully saturated rings. The van der Waals surface area contributed by atoms with Crippen molar-refractivity contribution in [2.45, 2.75) is 65.2 Å². The molecule has 3 heteroatoms. The van der Waals surface area contributed by atoms with Crippen LogP contribution in [0.4, 0.5) is 0 Å². The van der Waals surface area contributed by atoms with Crippen LogP contribution in [0.3, 0.4) is 0 Å². The number of aliphatic carboxylic acids is 1. The van der Waals surface area contributed by atoms with Crippen molar-refractivity contribution in [2.24, 2.45) is 0 Å². The van der Waals surface area contributed by atoms with Gasteiger partial charge in [-0.2, -0.15) is 0 Å². The standard InChI is InChI=1S/C24H29NO2/c1-15-7-8-17(9-10-21(26)27)25-22(15)18-14-20-19(13-16(18)2)23(3,4)11-12-24(20,5)6/h7-10,13-14H,11-12H2,1-6H3,(H,26,27). The van der Waals surface area contributed by atoms with Gasteiger partial charge in [-0.05, 0) is 78.0 Å². The summed E-state index contributed by atoms with van der Waals surface area (Å²) in [5, 5.41) is 8.88. The molecule has 0 atom stereocenters. The lowest BCUT2D eigenvalue weighted by Crippen LogP contribution is -2.34. The lowest BCUT2D eigenvalue weighted by molar-refractivity contribution is -0.131. The molecule has 0 amide bonds. The van der Waals surface area contributed by atoms with Crippen LogP contribution in [0.1, 0.15) is 68.5 Å². The summed E-state index contributed by atoms with van der Waals surface area (Å²) in [6.07, 6.45) is 5.04. The Morgan fingerprint density at radius 3 is 2.19 bits per heavy atom. The van der Waals surface area contributed by atoms with E-state index in [1.165, 1.54) is 29.5 Å². The number of carboxylic acids is 1. The Kier molecular flexibility index (Phi) is 4.75. The fraction of sp³-hybridized carbons (Fsp3) is 0.417. The van der Waals surface area contributed by atoms with Crippen LogP contribution in [-0.4, -0.2) is 16.1 Å². The molecule has 27 heavy (non-hydrogen) atoms. The Balaban J connectivity index is 2.19. The zero-order valence-corrected chi connectivity index (χ0v) is 17.2. The van der Waals surface area contributed by atoms with Crippen LogP contribution >= 0.6 is 0 Å². The number of carboxylic acid groups (broad SMARTS) is 1. The van der Waals surface area contributed by atoms with Crippen molar-refractivity contribution < 1.29 is 9.90 Å². The fourth-order valence-corrected chi connectivity index (χ4v) is 4.04. The second-order valence-electron chi connectivity index (χ2n) is 9.05. The maximum absolute atomic E-state index is 10.8. The van der Waals surface area contributed by atoms with Crippen molar-refractivity contribution in [1.82, 2.24) is 4.98 Å². The smallest absolute Gasteiger partial charge is 0.328 e. The Hall–Kier alpha value is -2.42. The molecule has 142 valence electrons. The van der Waals surface area contributed by atoms with Crippen LogP contribution in [0, 0.1) is 13.8 Å². The van der Waals surface area contributed by atoms with Crippen LogP contribution in [0.2, 0.25) is 0 Å². The molecule has 1 aromatic heterocycles. The molecule has 2 aromatic rings. The molecule has 0 saturated heterocycles. The lowest BCUT2D eigenvalue weighted by atomic mass is 9.62. The average molecular weight is 364 g/mol. The van der Waals surface area contributed by atoms with E-state index >= 15 is 0 Å². The third-order valence-corrected chi connectivity index (χ3v) is 5.97. The number of hydrogen-bond donors (Lipinski definition) is 1. The highest BCUT2D eigenvalue weighted by Crippen LogP contribution is 2.47. The third-order valence-electron chi connectivity index (χ3n) is 5.97. The molecular formula is C24H29NO2. The molecule has 1 heterocycles. The van der Waals surface area contributed by atoms with E-state index in [4.69, 9.17) is 10.1 Å². The molecule has 1 N–H and O–H groups in total. The van der Waals surface area contributed by atoms with Crippen molar-refractivity contribution in [3.8, 4) is 11.3 Å². The van der Waals surface area contributed by atoms with Gasteiger partial charge >= 0.3 is 5.97 Å². The number of carbonyl (C=O) groups is 1. The predicted octanol–water partition coefficient (Wildman–Crippen LogP) is 5.81. The molecule has 3 nitrogen and oxygen atoms in total. The van der Waals surface area contributed by atoms with Crippen LogP contribution < -0.4 is 0 Å². The van der Waals surface area contributed by atoms with Crippen molar-refractivity contribution >= 4 is 12.0 Å². The van der Waals surface area contributed by atoms with Gasteiger partial charge in [0, 0.05) is 11.6 Å². The van der Waals surface area contributed by atoms with Crippen molar-refractivity contribution in [3.63, 3.8) is 0 Å². The fourth-order valence-electron chi connectivity index (χ4n) is 4.04. The van der Waals surface area contributed by atoms with Gasteiger partial charge in [0.25, 0.3) is 0 Å². The van der Waals surface area contributed by atoms with Crippen molar-refractivity contribution in [3.05, 3.63) is 58.3 Å². The number of pyridine rings is 1. The van der Waals surface area contributed by atoms with Gasteiger partial charge in [-0.3, -0.25) is 0 Å². The summed E-state index contributed by atoms with van der Waals surface area (Å²) in [7, 11) is 0. The van der Waals surface area contributed by atoms with Gasteiger partial charge in [-0.15, -0.1) is 0 Å². The number of hydrogen-bond acceptors (Lipinski definition) is 2. The van der Waals surface area contributed by atoms with Crippen LogP contribution in [0.25, 0.3) is 17.3 Å². The SMILES string of the molecule is Cc1cc2c(cc1-c1nc(C=CC(=O)O)ccc1C)C(C)(C)CCC2(C)C. The summed E-state index contributed by atoms with van der Waals surface area (Å²) in [4.78, 5) is 15.6. The molecule has 0 bridgehead atoms. The highest BCUT2D eigenvalue weighted by atomic mass is 16.4. The van der Waals surface area contributed by atoms with E-state index in [9.17, 15) is 4.79 Å². The number of aromatic nitrogens is 1. The number of aryl methyl sites for hydroxylation is 2. The molecule has 0 unspecified atom stereocenters. The lowest BCUT2D eigenvalue weighted by Gasteiger charge is -2.42. The molecule has 0 saturated carbocycles. The molecule has 0 spiro atoms. The molecule has 0 aliphatic heterocycles. The van der Waals surface area contributed by atoms with E-state index in [1.54, 1.807) is 6.08 Å². The first kappa shape index (κ1) is 19.3. The summed E-state index contributed by atoms with van der Waals surface area (Å²) >= 11 is 0. The van der Waals surface area contributed by atoms with Gasteiger partial charge in [-0.25, -0.2) is 9.78 Å². The molecule has 1 aliphatic carbocycles. The van der Waals surface area contributed by atoms with Gasteiger partial charge < -0.3 is 5.11 Å². The first-order valence-electron chi connectivity index (χ1n) is 9.56. The maximum atomic E-state index is 10.8. The van der Waals surface area contributed by atoms with E-state index in [0.29, 0.717) is 5.69 Å². The second kappa shape index (κ2) is 6.63. The minimum atomic E-state index is -0.965. The summed E-state index contributed by atoms with van der Waals surface area (Å²) in [5.74, 6) is -0.965. The highest BCUT2D eigenvalue weighted by molar-refractivity contribution is 5.85. The summed E-state index contributed by atoms with van der Waals surface area (Å²) in [6.45, 7) is 13.5. The van der Waals surface area contributed by atoms with Gasteiger partial charge in [-0.1, -0.05) is 39.8 Å². The quantitative estimate of drug-likeness (QED) is 0.700. The van der Waals surface area contributed by atoms with E-state index in [2.05, 4.69) is 53.7 Å². The van der Waals surface area contributed by atoms with E-state index in [1.807, 2.05) is 12.1 Å². The Morgan fingerprint density at radius 2 is 1.59 bits per heavy atom. The number of fused-ring (bicyclic) bond motifs is 1. The third kappa shape index (κ3) is 3.69.